The van der Waals surface area contributed by atoms with E-state index in [1.165, 1.54) is 0 Å². The number of aromatic nitrogens is 1. The monoisotopic (exact) mass is 212 g/mol. The molecule has 0 aliphatic carbocycles. The standard InChI is InChI=1S/C13H12N2O/c1-9(2)16-12-6-5-10(8-14)11-4-3-7-15-13(11)12/h3-7,9H,1-2H3. The number of fused-ring (bicyclic) bond motifs is 1. The summed E-state index contributed by atoms with van der Waals surface area (Å²) in [5.74, 6) is 0.726. The van der Waals surface area contributed by atoms with Crippen LogP contribution in [0.3, 0.4) is 0 Å². The smallest absolute Gasteiger partial charge is 0.145 e. The van der Waals surface area contributed by atoms with Crippen molar-refractivity contribution in [3.63, 3.8) is 0 Å². The summed E-state index contributed by atoms with van der Waals surface area (Å²) in [4.78, 5) is 4.27. The Morgan fingerprint density at radius 3 is 2.81 bits per heavy atom. The summed E-state index contributed by atoms with van der Waals surface area (Å²) in [5, 5.41) is 9.83. The van der Waals surface area contributed by atoms with Gasteiger partial charge in [-0.05, 0) is 38.1 Å². The lowest BCUT2D eigenvalue weighted by Gasteiger charge is -2.11. The summed E-state index contributed by atoms with van der Waals surface area (Å²) in [6, 6.07) is 9.42. The van der Waals surface area contributed by atoms with E-state index < -0.39 is 0 Å². The van der Waals surface area contributed by atoms with Gasteiger partial charge in [-0.1, -0.05) is 0 Å². The molecule has 0 N–H and O–H groups in total. The fraction of sp³-hybridized carbons (Fsp3) is 0.231. The maximum Gasteiger partial charge on any atom is 0.145 e. The molecule has 0 radical (unpaired) electrons. The maximum atomic E-state index is 8.99. The SMILES string of the molecule is CC(C)Oc1ccc(C#N)c2cccnc12. The quantitative estimate of drug-likeness (QED) is 0.768. The Labute approximate surface area is 94.3 Å². The number of benzene rings is 1. The summed E-state index contributed by atoms with van der Waals surface area (Å²) >= 11 is 0. The van der Waals surface area contributed by atoms with Crippen LogP contribution in [0.4, 0.5) is 0 Å². The lowest BCUT2D eigenvalue weighted by atomic mass is 10.1. The lowest BCUT2D eigenvalue weighted by Crippen LogP contribution is -2.06. The first-order valence-electron chi connectivity index (χ1n) is 5.17. The molecule has 0 atom stereocenters. The van der Waals surface area contributed by atoms with Gasteiger partial charge in [0.25, 0.3) is 0 Å². The van der Waals surface area contributed by atoms with Gasteiger partial charge in [0.15, 0.2) is 0 Å². The largest absolute Gasteiger partial charge is 0.489 e. The Hall–Kier alpha value is -2.08. The van der Waals surface area contributed by atoms with Gasteiger partial charge in [0.1, 0.15) is 11.3 Å². The second kappa shape index (κ2) is 4.19. The number of hydrogen-bond acceptors (Lipinski definition) is 3. The Morgan fingerprint density at radius 2 is 2.12 bits per heavy atom. The Bertz CT molecular complexity index is 555. The third-order valence-electron chi connectivity index (χ3n) is 2.22. The molecule has 80 valence electrons. The molecule has 3 heteroatoms. The summed E-state index contributed by atoms with van der Waals surface area (Å²) in [7, 11) is 0. The zero-order valence-corrected chi connectivity index (χ0v) is 9.27. The summed E-state index contributed by atoms with van der Waals surface area (Å²) in [6.45, 7) is 3.93. The molecule has 2 aromatic rings. The van der Waals surface area contributed by atoms with E-state index in [0.717, 1.165) is 16.7 Å². The minimum Gasteiger partial charge on any atom is -0.489 e. The molecule has 0 amide bonds. The Balaban J connectivity index is 2.66. The van der Waals surface area contributed by atoms with Gasteiger partial charge in [-0.2, -0.15) is 5.26 Å². The molecule has 0 spiro atoms. The predicted molar refractivity (Wildman–Crippen MR) is 62.2 cm³/mol. The highest BCUT2D eigenvalue weighted by atomic mass is 16.5. The number of ether oxygens (including phenoxy) is 1. The van der Waals surface area contributed by atoms with Gasteiger partial charge in [-0.3, -0.25) is 4.98 Å². The molecule has 3 nitrogen and oxygen atoms in total. The van der Waals surface area contributed by atoms with Crippen LogP contribution in [0.15, 0.2) is 30.5 Å². The first kappa shape index (κ1) is 10.4. The molecule has 1 aromatic carbocycles. The van der Waals surface area contributed by atoms with E-state index in [2.05, 4.69) is 11.1 Å². The van der Waals surface area contributed by atoms with Crippen molar-refractivity contribution < 1.29 is 4.74 Å². The van der Waals surface area contributed by atoms with Crippen LogP contribution < -0.4 is 4.74 Å². The normalized spacial score (nSPS) is 10.4. The van der Waals surface area contributed by atoms with Gasteiger partial charge < -0.3 is 4.74 Å². The summed E-state index contributed by atoms with van der Waals surface area (Å²) < 4.78 is 5.66. The average molecular weight is 212 g/mol. The van der Waals surface area contributed by atoms with E-state index in [-0.39, 0.29) is 6.10 Å². The van der Waals surface area contributed by atoms with Gasteiger partial charge in [0, 0.05) is 11.6 Å². The van der Waals surface area contributed by atoms with Crippen molar-refractivity contribution in [2.24, 2.45) is 0 Å². The Kier molecular flexibility index (Phi) is 2.74. The van der Waals surface area contributed by atoms with Gasteiger partial charge in [-0.15, -0.1) is 0 Å². The van der Waals surface area contributed by atoms with Gasteiger partial charge >= 0.3 is 0 Å². The highest BCUT2D eigenvalue weighted by molar-refractivity contribution is 5.89. The van der Waals surface area contributed by atoms with Crippen molar-refractivity contribution in [3.8, 4) is 11.8 Å². The first-order chi connectivity index (χ1) is 7.72. The molecule has 0 fully saturated rings. The van der Waals surface area contributed by atoms with Crippen LogP contribution in [0.25, 0.3) is 10.9 Å². The van der Waals surface area contributed by atoms with E-state index in [1.54, 1.807) is 18.3 Å². The molecule has 2 rings (SSSR count). The van der Waals surface area contributed by atoms with Crippen molar-refractivity contribution in [1.82, 2.24) is 4.98 Å². The highest BCUT2D eigenvalue weighted by Gasteiger charge is 2.08. The van der Waals surface area contributed by atoms with Crippen molar-refractivity contribution in [2.75, 3.05) is 0 Å². The van der Waals surface area contributed by atoms with Gasteiger partial charge in [0.05, 0.1) is 17.7 Å². The maximum absolute atomic E-state index is 8.99. The number of nitriles is 1. The molecule has 16 heavy (non-hydrogen) atoms. The van der Waals surface area contributed by atoms with Crippen LogP contribution >= 0.6 is 0 Å². The molecular weight excluding hydrogens is 200 g/mol. The first-order valence-corrected chi connectivity index (χ1v) is 5.17. The van der Waals surface area contributed by atoms with Crippen molar-refractivity contribution in [3.05, 3.63) is 36.0 Å². The topological polar surface area (TPSA) is 45.9 Å². The van der Waals surface area contributed by atoms with Crippen molar-refractivity contribution in [2.45, 2.75) is 20.0 Å². The van der Waals surface area contributed by atoms with Crippen LogP contribution in [0.5, 0.6) is 5.75 Å². The van der Waals surface area contributed by atoms with Gasteiger partial charge in [0.2, 0.25) is 0 Å². The highest BCUT2D eigenvalue weighted by Crippen LogP contribution is 2.26. The van der Waals surface area contributed by atoms with E-state index in [0.29, 0.717) is 5.56 Å². The zero-order valence-electron chi connectivity index (χ0n) is 9.27. The van der Waals surface area contributed by atoms with Crippen molar-refractivity contribution >= 4 is 10.9 Å². The number of rotatable bonds is 2. The number of pyridine rings is 1. The van der Waals surface area contributed by atoms with E-state index in [1.807, 2.05) is 26.0 Å². The molecular formula is C13H12N2O. The minimum atomic E-state index is 0.0955. The summed E-state index contributed by atoms with van der Waals surface area (Å²) in [5.41, 5.74) is 1.37. The Morgan fingerprint density at radius 1 is 1.31 bits per heavy atom. The van der Waals surface area contributed by atoms with Crippen LogP contribution in [-0.4, -0.2) is 11.1 Å². The molecule has 0 saturated heterocycles. The molecule has 0 bridgehead atoms. The number of hydrogen-bond donors (Lipinski definition) is 0. The van der Waals surface area contributed by atoms with E-state index in [9.17, 15) is 0 Å². The summed E-state index contributed by atoms with van der Waals surface area (Å²) in [6.07, 6.45) is 1.80. The molecule has 0 unspecified atom stereocenters. The predicted octanol–water partition coefficient (Wildman–Crippen LogP) is 2.89. The molecule has 0 aliphatic rings. The molecule has 0 aliphatic heterocycles. The lowest BCUT2D eigenvalue weighted by molar-refractivity contribution is 0.245. The molecule has 1 heterocycles. The average Bonchev–Trinajstić information content (AvgIpc) is 2.29. The molecule has 1 aromatic heterocycles. The van der Waals surface area contributed by atoms with Crippen LogP contribution in [0.1, 0.15) is 19.4 Å². The zero-order chi connectivity index (χ0) is 11.5. The van der Waals surface area contributed by atoms with E-state index in [4.69, 9.17) is 10.00 Å². The van der Waals surface area contributed by atoms with Crippen molar-refractivity contribution in [1.29, 1.82) is 5.26 Å². The third kappa shape index (κ3) is 1.82. The molecule has 0 saturated carbocycles. The minimum absolute atomic E-state index is 0.0955. The fourth-order valence-electron chi connectivity index (χ4n) is 1.59. The van der Waals surface area contributed by atoms with Crippen LogP contribution in [-0.2, 0) is 0 Å². The fourth-order valence-corrected chi connectivity index (χ4v) is 1.59. The second-order valence-corrected chi connectivity index (χ2v) is 3.79. The third-order valence-corrected chi connectivity index (χ3v) is 2.22. The number of nitrogens with zero attached hydrogens (tertiary/aromatic N) is 2. The van der Waals surface area contributed by atoms with Crippen LogP contribution in [0.2, 0.25) is 0 Å². The van der Waals surface area contributed by atoms with Crippen LogP contribution in [0, 0.1) is 11.3 Å². The van der Waals surface area contributed by atoms with Gasteiger partial charge in [-0.25, -0.2) is 0 Å². The van der Waals surface area contributed by atoms with E-state index >= 15 is 0 Å². The second-order valence-electron chi connectivity index (χ2n) is 3.79.